The Kier molecular flexibility index (Phi) is 6.02. The number of pyridine rings is 1. The Bertz CT molecular complexity index is 1130. The number of amides is 2. The Labute approximate surface area is 185 Å². The largest absolute Gasteiger partial charge is 0.388 e. The molecule has 4 rings (SSSR count). The van der Waals surface area contributed by atoms with E-state index >= 15 is 0 Å². The van der Waals surface area contributed by atoms with Gasteiger partial charge in [0.05, 0.1) is 18.0 Å². The minimum absolute atomic E-state index is 0.239. The van der Waals surface area contributed by atoms with Crippen molar-refractivity contribution in [2.75, 3.05) is 16.8 Å². The van der Waals surface area contributed by atoms with Crippen LogP contribution in [0, 0.1) is 6.92 Å². The van der Waals surface area contributed by atoms with E-state index in [0.717, 1.165) is 5.56 Å². The summed E-state index contributed by atoms with van der Waals surface area (Å²) in [6, 6.07) is 15.7. The molecule has 3 aromatic rings. The van der Waals surface area contributed by atoms with Crippen LogP contribution in [0.2, 0.25) is 5.02 Å². The maximum atomic E-state index is 13.2. The van der Waals surface area contributed by atoms with Gasteiger partial charge in [0.25, 0.3) is 11.8 Å². The number of aromatic nitrogens is 1. The molecular weight excluding hydrogens is 414 g/mol. The molecule has 2 amide bonds. The average molecular weight is 436 g/mol. The second-order valence-electron chi connectivity index (χ2n) is 7.57. The molecule has 0 radical (unpaired) electrons. The van der Waals surface area contributed by atoms with Crippen molar-refractivity contribution in [3.63, 3.8) is 0 Å². The number of aliphatic hydroxyl groups excluding tert-OH is 1. The van der Waals surface area contributed by atoms with E-state index in [1.165, 1.54) is 6.20 Å². The molecular formula is C24H22ClN3O3. The lowest BCUT2D eigenvalue weighted by Gasteiger charge is -2.23. The Morgan fingerprint density at radius 1 is 1.16 bits per heavy atom. The lowest BCUT2D eigenvalue weighted by molar-refractivity contribution is 0.0981. The van der Waals surface area contributed by atoms with Crippen LogP contribution in [-0.4, -0.2) is 28.4 Å². The molecule has 1 aromatic heterocycles. The van der Waals surface area contributed by atoms with Gasteiger partial charge in [0, 0.05) is 28.4 Å². The fourth-order valence-corrected chi connectivity index (χ4v) is 3.87. The summed E-state index contributed by atoms with van der Waals surface area (Å²) in [6.07, 6.45) is 2.01. The molecule has 0 saturated carbocycles. The first-order chi connectivity index (χ1) is 14.9. The first-order valence-electron chi connectivity index (χ1n) is 10.1. The van der Waals surface area contributed by atoms with Gasteiger partial charge in [-0.15, -0.1) is 0 Å². The van der Waals surface area contributed by atoms with Crippen molar-refractivity contribution in [3.05, 3.63) is 88.2 Å². The molecule has 1 aliphatic heterocycles. The van der Waals surface area contributed by atoms with Gasteiger partial charge in [-0.25, -0.2) is 4.98 Å². The molecule has 2 heterocycles. The molecule has 1 aliphatic rings. The number of carbonyl (C=O) groups is 2. The molecule has 158 valence electrons. The second kappa shape index (κ2) is 8.88. The molecule has 7 heteroatoms. The Morgan fingerprint density at radius 2 is 2.00 bits per heavy atom. The standard InChI is InChI=1S/C24H22ClN3O3/c1-15-4-2-5-16(12-15)23(30)27-18-8-9-20(26-14-18)24(31)28-11-3-6-22(29)19-13-17(25)7-10-21(19)28/h2,4-5,7-10,12-14,22,29H,3,6,11H2,1H3,(H,27,30). The van der Waals surface area contributed by atoms with Crippen molar-refractivity contribution in [2.45, 2.75) is 25.9 Å². The lowest BCUT2D eigenvalue weighted by Crippen LogP contribution is -2.32. The van der Waals surface area contributed by atoms with E-state index < -0.39 is 6.10 Å². The number of nitrogens with one attached hydrogen (secondary N) is 1. The Balaban J connectivity index is 1.53. The molecule has 0 fully saturated rings. The highest BCUT2D eigenvalue weighted by Gasteiger charge is 2.27. The molecule has 0 bridgehead atoms. The van der Waals surface area contributed by atoms with Gasteiger partial charge >= 0.3 is 0 Å². The van der Waals surface area contributed by atoms with Crippen LogP contribution >= 0.6 is 11.6 Å². The van der Waals surface area contributed by atoms with Gasteiger partial charge in [0.15, 0.2) is 0 Å². The summed E-state index contributed by atoms with van der Waals surface area (Å²) in [4.78, 5) is 31.5. The minimum atomic E-state index is -0.668. The minimum Gasteiger partial charge on any atom is -0.388 e. The summed E-state index contributed by atoms with van der Waals surface area (Å²) in [5.74, 6) is -0.508. The summed E-state index contributed by atoms with van der Waals surface area (Å²) in [7, 11) is 0. The third kappa shape index (κ3) is 4.60. The molecule has 2 N–H and O–H groups in total. The van der Waals surface area contributed by atoms with Crippen molar-refractivity contribution >= 4 is 34.8 Å². The molecule has 2 aromatic carbocycles. The van der Waals surface area contributed by atoms with E-state index in [-0.39, 0.29) is 17.5 Å². The van der Waals surface area contributed by atoms with Crippen molar-refractivity contribution in [1.82, 2.24) is 4.98 Å². The first-order valence-corrected chi connectivity index (χ1v) is 10.4. The van der Waals surface area contributed by atoms with Gasteiger partial charge in [-0.1, -0.05) is 29.3 Å². The fourth-order valence-electron chi connectivity index (χ4n) is 3.69. The Hall–Kier alpha value is -3.22. The molecule has 31 heavy (non-hydrogen) atoms. The van der Waals surface area contributed by atoms with Gasteiger partial charge < -0.3 is 15.3 Å². The number of benzene rings is 2. The fraction of sp³-hybridized carbons (Fsp3) is 0.208. The third-order valence-corrected chi connectivity index (χ3v) is 5.50. The van der Waals surface area contributed by atoms with Crippen LogP contribution in [0.4, 0.5) is 11.4 Å². The average Bonchev–Trinajstić information content (AvgIpc) is 2.92. The molecule has 0 spiro atoms. The van der Waals surface area contributed by atoms with Gasteiger partial charge in [0.2, 0.25) is 0 Å². The van der Waals surface area contributed by atoms with Gasteiger partial charge in [-0.2, -0.15) is 0 Å². The van der Waals surface area contributed by atoms with Gasteiger partial charge in [-0.3, -0.25) is 9.59 Å². The highest BCUT2D eigenvalue weighted by atomic mass is 35.5. The number of hydrogen-bond acceptors (Lipinski definition) is 4. The zero-order chi connectivity index (χ0) is 22.0. The van der Waals surface area contributed by atoms with Crippen molar-refractivity contribution in [3.8, 4) is 0 Å². The number of fused-ring (bicyclic) bond motifs is 1. The molecule has 6 nitrogen and oxygen atoms in total. The summed E-state index contributed by atoms with van der Waals surface area (Å²) in [6.45, 7) is 2.39. The number of halogens is 1. The van der Waals surface area contributed by atoms with Crippen LogP contribution in [0.1, 0.15) is 50.9 Å². The van der Waals surface area contributed by atoms with E-state index in [9.17, 15) is 14.7 Å². The summed E-state index contributed by atoms with van der Waals surface area (Å²) < 4.78 is 0. The SMILES string of the molecule is Cc1cccc(C(=O)Nc2ccc(C(=O)N3CCCC(O)c4cc(Cl)ccc43)nc2)c1. The number of aryl methyl sites for hydroxylation is 1. The highest BCUT2D eigenvalue weighted by molar-refractivity contribution is 6.30. The molecule has 0 aliphatic carbocycles. The number of anilines is 2. The predicted molar refractivity (Wildman–Crippen MR) is 121 cm³/mol. The molecule has 1 atom stereocenters. The third-order valence-electron chi connectivity index (χ3n) is 5.26. The summed E-state index contributed by atoms with van der Waals surface area (Å²) in [5.41, 5.74) is 3.58. The summed E-state index contributed by atoms with van der Waals surface area (Å²) in [5, 5.41) is 13.7. The second-order valence-corrected chi connectivity index (χ2v) is 8.01. The lowest BCUT2D eigenvalue weighted by atomic mass is 10.0. The summed E-state index contributed by atoms with van der Waals surface area (Å²) >= 11 is 6.09. The van der Waals surface area contributed by atoms with Crippen LogP contribution in [0.3, 0.4) is 0 Å². The maximum absolute atomic E-state index is 13.2. The van der Waals surface area contributed by atoms with Crippen molar-refractivity contribution in [1.29, 1.82) is 0 Å². The zero-order valence-corrected chi connectivity index (χ0v) is 17.8. The van der Waals surface area contributed by atoms with E-state index in [1.54, 1.807) is 47.4 Å². The normalized spacial score (nSPS) is 15.7. The van der Waals surface area contributed by atoms with Crippen LogP contribution in [0.25, 0.3) is 0 Å². The Morgan fingerprint density at radius 3 is 2.74 bits per heavy atom. The maximum Gasteiger partial charge on any atom is 0.276 e. The van der Waals surface area contributed by atoms with Crippen molar-refractivity contribution < 1.29 is 14.7 Å². The predicted octanol–water partition coefficient (Wildman–Crippen LogP) is 4.77. The first kappa shape index (κ1) is 21.0. The van der Waals surface area contributed by atoms with Gasteiger partial charge in [0.1, 0.15) is 5.69 Å². The number of rotatable bonds is 3. The molecule has 0 saturated heterocycles. The van der Waals surface area contributed by atoms with Crippen LogP contribution in [-0.2, 0) is 0 Å². The topological polar surface area (TPSA) is 82.5 Å². The van der Waals surface area contributed by atoms with Crippen LogP contribution in [0.5, 0.6) is 0 Å². The number of nitrogens with zero attached hydrogens (tertiary/aromatic N) is 2. The number of hydrogen-bond donors (Lipinski definition) is 2. The van der Waals surface area contributed by atoms with Gasteiger partial charge in [-0.05, 0) is 62.2 Å². The van der Waals surface area contributed by atoms with Crippen LogP contribution < -0.4 is 10.2 Å². The quantitative estimate of drug-likeness (QED) is 0.620. The van der Waals surface area contributed by atoms with E-state index in [0.29, 0.717) is 46.9 Å². The number of aliphatic hydroxyl groups is 1. The highest BCUT2D eigenvalue weighted by Crippen LogP contribution is 2.35. The van der Waals surface area contributed by atoms with Crippen LogP contribution in [0.15, 0.2) is 60.8 Å². The van der Waals surface area contributed by atoms with E-state index in [1.807, 2.05) is 19.1 Å². The van der Waals surface area contributed by atoms with E-state index in [2.05, 4.69) is 10.3 Å². The van der Waals surface area contributed by atoms with Crippen molar-refractivity contribution in [2.24, 2.45) is 0 Å². The van der Waals surface area contributed by atoms with E-state index in [4.69, 9.17) is 11.6 Å². The number of carbonyl (C=O) groups excluding carboxylic acids is 2. The monoisotopic (exact) mass is 435 g/mol. The molecule has 1 unspecified atom stereocenters. The smallest absolute Gasteiger partial charge is 0.276 e. The zero-order valence-electron chi connectivity index (χ0n) is 17.0.